The van der Waals surface area contributed by atoms with Crippen molar-refractivity contribution in [3.05, 3.63) is 54.1 Å². The number of hydrogen-bond donors (Lipinski definition) is 1. The summed E-state index contributed by atoms with van der Waals surface area (Å²) in [5.74, 6) is 0.853. The maximum atomic E-state index is 12.7. The normalized spacial score (nSPS) is 11.1. The second kappa shape index (κ2) is 11.5. The fraction of sp³-hybridized carbons (Fsp3) is 0.348. The number of amides is 2. The van der Waals surface area contributed by atoms with E-state index in [0.717, 1.165) is 11.3 Å². The second-order valence-corrected chi connectivity index (χ2v) is 6.69. The van der Waals surface area contributed by atoms with Crippen LogP contribution in [0.25, 0.3) is 0 Å². The number of ether oxygens (including phenoxy) is 2. The average molecular weight is 409 g/mol. The number of para-hydroxylation sites is 1. The number of hydrogen-bond acceptors (Lipinski definition) is 5. The largest absolute Gasteiger partial charge is 0.497 e. The van der Waals surface area contributed by atoms with Gasteiger partial charge in [0.1, 0.15) is 11.5 Å². The van der Waals surface area contributed by atoms with Gasteiger partial charge in [-0.15, -0.1) is 0 Å². The molecule has 1 N–H and O–H groups in total. The van der Waals surface area contributed by atoms with Crippen molar-refractivity contribution in [1.82, 2.24) is 5.32 Å². The number of carbonyl (C=O) groups is 2. The quantitative estimate of drug-likeness (QED) is 0.647. The predicted octanol–water partition coefficient (Wildman–Crippen LogP) is 3.61. The molecular weight excluding hydrogens is 382 g/mol. The first-order chi connectivity index (χ1) is 14.5. The molecule has 0 radical (unpaired) electrons. The van der Waals surface area contributed by atoms with E-state index in [4.69, 9.17) is 14.7 Å². The van der Waals surface area contributed by atoms with E-state index >= 15 is 0 Å². The van der Waals surface area contributed by atoms with E-state index < -0.39 is 0 Å². The summed E-state index contributed by atoms with van der Waals surface area (Å²) in [6, 6.07) is 16.3. The number of anilines is 1. The minimum Gasteiger partial charge on any atom is -0.497 e. The number of carbonyl (C=O) groups excluding carboxylic acids is 2. The lowest BCUT2D eigenvalue weighted by atomic mass is 10.1. The Morgan fingerprint density at radius 2 is 1.83 bits per heavy atom. The Bertz CT molecular complexity index is 893. The van der Waals surface area contributed by atoms with Crippen molar-refractivity contribution < 1.29 is 19.1 Å². The molecule has 2 rings (SSSR count). The molecule has 1 atom stereocenters. The zero-order valence-corrected chi connectivity index (χ0v) is 17.6. The van der Waals surface area contributed by atoms with Crippen LogP contribution < -0.4 is 19.7 Å². The monoisotopic (exact) mass is 409 g/mol. The molecule has 158 valence electrons. The number of nitriles is 1. The maximum Gasteiger partial charge on any atom is 0.227 e. The minimum atomic E-state index is -0.294. The fourth-order valence-corrected chi connectivity index (χ4v) is 3.09. The first kappa shape index (κ1) is 22.8. The second-order valence-electron chi connectivity index (χ2n) is 6.69. The van der Waals surface area contributed by atoms with Crippen molar-refractivity contribution in [3.8, 4) is 17.6 Å². The fourth-order valence-electron chi connectivity index (χ4n) is 3.09. The summed E-state index contributed by atoms with van der Waals surface area (Å²) in [6.45, 7) is 2.15. The van der Waals surface area contributed by atoms with Gasteiger partial charge >= 0.3 is 0 Å². The predicted molar refractivity (Wildman–Crippen MR) is 114 cm³/mol. The topological polar surface area (TPSA) is 91.7 Å². The molecule has 0 bridgehead atoms. The molecule has 0 heterocycles. The van der Waals surface area contributed by atoms with Crippen molar-refractivity contribution in [3.63, 3.8) is 0 Å². The Labute approximate surface area is 177 Å². The lowest BCUT2D eigenvalue weighted by Crippen LogP contribution is -2.33. The van der Waals surface area contributed by atoms with E-state index in [2.05, 4.69) is 11.4 Å². The molecule has 0 fully saturated rings. The van der Waals surface area contributed by atoms with Crippen LogP contribution >= 0.6 is 0 Å². The zero-order valence-electron chi connectivity index (χ0n) is 17.6. The third-order valence-corrected chi connectivity index (χ3v) is 4.67. The van der Waals surface area contributed by atoms with E-state index in [1.54, 1.807) is 31.3 Å². The molecular formula is C23H27N3O4. The molecule has 2 aromatic carbocycles. The third kappa shape index (κ3) is 6.24. The Balaban J connectivity index is 1.97. The molecule has 2 amide bonds. The van der Waals surface area contributed by atoms with Gasteiger partial charge in [0.15, 0.2) is 0 Å². The van der Waals surface area contributed by atoms with Gasteiger partial charge in [-0.3, -0.25) is 9.59 Å². The minimum absolute atomic E-state index is 0.0531. The molecule has 2 aromatic rings. The summed E-state index contributed by atoms with van der Waals surface area (Å²) in [5.41, 5.74) is 1.53. The van der Waals surface area contributed by atoms with Crippen molar-refractivity contribution in [2.75, 3.05) is 25.7 Å². The van der Waals surface area contributed by atoms with E-state index in [1.165, 1.54) is 0 Å². The molecule has 0 spiro atoms. The van der Waals surface area contributed by atoms with Crippen LogP contribution in [0.15, 0.2) is 48.5 Å². The molecule has 0 aliphatic carbocycles. The van der Waals surface area contributed by atoms with E-state index in [-0.39, 0.29) is 37.1 Å². The van der Waals surface area contributed by atoms with Gasteiger partial charge in [-0.05, 0) is 31.2 Å². The summed E-state index contributed by atoms with van der Waals surface area (Å²) in [6.07, 6.45) is 0.331. The number of nitrogens with one attached hydrogen (secondary N) is 1. The van der Waals surface area contributed by atoms with Gasteiger partial charge in [0, 0.05) is 36.7 Å². The van der Waals surface area contributed by atoms with Gasteiger partial charge < -0.3 is 19.7 Å². The first-order valence-electron chi connectivity index (χ1n) is 9.73. The number of methoxy groups -OCH3 is 2. The van der Waals surface area contributed by atoms with Crippen LogP contribution in [0, 0.1) is 11.3 Å². The maximum absolute atomic E-state index is 12.7. The smallest absolute Gasteiger partial charge is 0.227 e. The van der Waals surface area contributed by atoms with Crippen LogP contribution in [0.4, 0.5) is 5.69 Å². The van der Waals surface area contributed by atoms with Crippen molar-refractivity contribution >= 4 is 17.5 Å². The van der Waals surface area contributed by atoms with Crippen molar-refractivity contribution in [2.24, 2.45) is 0 Å². The van der Waals surface area contributed by atoms with Gasteiger partial charge in [-0.25, -0.2) is 0 Å². The average Bonchev–Trinajstić information content (AvgIpc) is 2.78. The summed E-state index contributed by atoms with van der Waals surface area (Å²) < 4.78 is 10.6. The third-order valence-electron chi connectivity index (χ3n) is 4.67. The van der Waals surface area contributed by atoms with Crippen molar-refractivity contribution in [1.29, 1.82) is 5.26 Å². The summed E-state index contributed by atoms with van der Waals surface area (Å²) in [5, 5.41) is 11.8. The zero-order chi connectivity index (χ0) is 21.9. The van der Waals surface area contributed by atoms with Gasteiger partial charge in [0.2, 0.25) is 11.8 Å². The van der Waals surface area contributed by atoms with Crippen LogP contribution in [0.3, 0.4) is 0 Å². The number of rotatable bonds is 10. The molecule has 30 heavy (non-hydrogen) atoms. The lowest BCUT2D eigenvalue weighted by molar-refractivity contribution is -0.125. The molecule has 1 unspecified atom stereocenters. The van der Waals surface area contributed by atoms with Crippen LogP contribution in [0.5, 0.6) is 11.5 Å². The first-order valence-corrected chi connectivity index (χ1v) is 9.73. The van der Waals surface area contributed by atoms with Crippen LogP contribution in [0.2, 0.25) is 0 Å². The van der Waals surface area contributed by atoms with Gasteiger partial charge in [0.25, 0.3) is 0 Å². The van der Waals surface area contributed by atoms with Gasteiger partial charge in [-0.1, -0.05) is 18.2 Å². The molecule has 0 aromatic heterocycles. The molecule has 0 saturated carbocycles. The van der Waals surface area contributed by atoms with Crippen LogP contribution in [-0.4, -0.2) is 32.6 Å². The molecule has 7 heteroatoms. The number of nitrogens with zero attached hydrogens (tertiary/aromatic N) is 2. The Morgan fingerprint density at radius 1 is 1.10 bits per heavy atom. The van der Waals surface area contributed by atoms with Crippen LogP contribution in [0.1, 0.15) is 37.8 Å². The summed E-state index contributed by atoms with van der Waals surface area (Å²) >= 11 is 0. The highest BCUT2D eigenvalue weighted by Gasteiger charge is 2.19. The highest BCUT2D eigenvalue weighted by Crippen LogP contribution is 2.29. The standard InChI is InChI=1S/C23H27N3O4/c1-17(20-11-10-19(29-2)16-21(20)30-3)25-22(27)12-13-23(28)26(15-7-14-24)18-8-5-4-6-9-18/h4-6,8-11,16-17H,7,12-13,15H2,1-3H3,(H,25,27). The Hall–Kier alpha value is -3.53. The Kier molecular flexibility index (Phi) is 8.70. The lowest BCUT2D eigenvalue weighted by Gasteiger charge is -2.22. The molecule has 7 nitrogen and oxygen atoms in total. The highest BCUT2D eigenvalue weighted by atomic mass is 16.5. The van der Waals surface area contributed by atoms with E-state index in [0.29, 0.717) is 18.0 Å². The van der Waals surface area contributed by atoms with Gasteiger partial charge in [0.05, 0.1) is 32.8 Å². The van der Waals surface area contributed by atoms with Gasteiger partial charge in [-0.2, -0.15) is 5.26 Å². The van der Waals surface area contributed by atoms with E-state index in [9.17, 15) is 9.59 Å². The summed E-state index contributed by atoms with van der Waals surface area (Å²) in [7, 11) is 3.14. The van der Waals surface area contributed by atoms with Crippen molar-refractivity contribution in [2.45, 2.75) is 32.2 Å². The summed E-state index contributed by atoms with van der Waals surface area (Å²) in [4.78, 5) is 26.7. The van der Waals surface area contributed by atoms with E-state index in [1.807, 2.05) is 43.3 Å². The molecule has 0 saturated heterocycles. The molecule has 0 aliphatic rings. The molecule has 0 aliphatic heterocycles. The Morgan fingerprint density at radius 3 is 2.47 bits per heavy atom. The number of benzene rings is 2. The highest BCUT2D eigenvalue weighted by molar-refractivity contribution is 5.95. The van der Waals surface area contributed by atoms with Crippen LogP contribution in [-0.2, 0) is 9.59 Å². The SMILES string of the molecule is COc1ccc(C(C)NC(=O)CCC(=O)N(CCC#N)c2ccccc2)c(OC)c1.